The van der Waals surface area contributed by atoms with Crippen molar-refractivity contribution in [2.75, 3.05) is 0 Å². The van der Waals surface area contributed by atoms with E-state index in [4.69, 9.17) is 23.4 Å². The zero-order chi connectivity index (χ0) is 59.6. The molecule has 0 spiro atoms. The van der Waals surface area contributed by atoms with Gasteiger partial charge in [-0.3, -0.25) is 4.57 Å². The van der Waals surface area contributed by atoms with Crippen LogP contribution in [0.5, 0.6) is 11.5 Å². The number of fused-ring (bicyclic) bond motifs is 7. The number of nitrogens with zero attached hydrogens (tertiary/aromatic N) is 5. The zero-order valence-corrected chi connectivity index (χ0v) is 44.1. The second kappa shape index (κ2) is 19.2. The first-order chi connectivity index (χ1) is 41.5. The van der Waals surface area contributed by atoms with Crippen LogP contribution in [0.25, 0.3) is 111 Å². The summed E-state index contributed by atoms with van der Waals surface area (Å²) in [6.45, 7) is 6.55. The van der Waals surface area contributed by atoms with Gasteiger partial charge in [0.15, 0.2) is 0 Å². The number of rotatable bonds is 9. The van der Waals surface area contributed by atoms with E-state index in [2.05, 4.69) is 151 Å². The van der Waals surface area contributed by atoms with E-state index in [0.29, 0.717) is 28.2 Å². The predicted molar refractivity (Wildman–Crippen MR) is 309 cm³/mol. The molecule has 14 aromatic rings. The maximum Gasteiger partial charge on any atom is 0.268 e. The fourth-order valence-corrected chi connectivity index (χ4v) is 10.6. The first-order valence-electron chi connectivity index (χ1n) is 30.0. The summed E-state index contributed by atoms with van der Waals surface area (Å²) in [5, 5.41) is 4.27. The molecule has 0 saturated carbocycles. The summed E-state index contributed by atoms with van der Waals surface area (Å²) in [7, 11) is 0. The minimum absolute atomic E-state index is 0. The Morgan fingerprint density at radius 3 is 1.94 bits per heavy atom. The van der Waals surface area contributed by atoms with E-state index in [-0.39, 0.29) is 54.4 Å². The van der Waals surface area contributed by atoms with Crippen molar-refractivity contribution in [3.05, 3.63) is 267 Å². The molecule has 0 radical (unpaired) electrons. The molecule has 0 N–H and O–H groups in total. The Labute approximate surface area is 475 Å². The minimum Gasteiger partial charge on any atom is -0.510 e. The summed E-state index contributed by atoms with van der Waals surface area (Å²) in [6, 6.07) is 59.5. The number of ether oxygens (including phenoxy) is 1. The quantitative estimate of drug-likeness (QED) is 0.107. The van der Waals surface area contributed by atoms with Gasteiger partial charge < -0.3 is 18.4 Å². The fraction of sp³-hybridized carbons (Fsp3) is 0.0571. The topological polar surface area (TPSA) is 40.8 Å². The van der Waals surface area contributed by atoms with Gasteiger partial charge in [0.25, 0.3) is 6.33 Å². The first kappa shape index (κ1) is 37.6. The van der Waals surface area contributed by atoms with Gasteiger partial charge in [-0.15, -0.1) is 29.7 Å². The molecule has 0 fully saturated rings. The minimum atomic E-state index is -0.577. The van der Waals surface area contributed by atoms with Crippen molar-refractivity contribution < 1.29 is 44.1 Å². The van der Waals surface area contributed by atoms with E-state index in [1.54, 1.807) is 33.4 Å². The number of hydrogen-bond donors (Lipinski definition) is 0. The number of para-hydroxylation sites is 5. The van der Waals surface area contributed by atoms with Gasteiger partial charge >= 0.3 is 0 Å². The van der Waals surface area contributed by atoms with Crippen LogP contribution in [0.1, 0.15) is 40.0 Å². The van der Waals surface area contributed by atoms with Crippen LogP contribution in [0.4, 0.5) is 0 Å². The molecule has 0 unspecified atom stereocenters. The number of imidazole rings is 1. The van der Waals surface area contributed by atoms with Crippen LogP contribution in [-0.4, -0.2) is 18.7 Å². The van der Waals surface area contributed by atoms with Crippen LogP contribution in [-0.2, 0) is 26.5 Å². The van der Waals surface area contributed by atoms with Gasteiger partial charge in [-0.25, -0.2) is 4.98 Å². The summed E-state index contributed by atoms with van der Waals surface area (Å²) in [6.07, 6.45) is 5.29. The average molecular weight is 1180 g/mol. The van der Waals surface area contributed by atoms with Crippen molar-refractivity contribution in [1.29, 1.82) is 0 Å². The van der Waals surface area contributed by atoms with Gasteiger partial charge in [0.2, 0.25) is 0 Å². The molecule has 4 heterocycles. The third-order valence-electron chi connectivity index (χ3n) is 14.1. The predicted octanol–water partition coefficient (Wildman–Crippen LogP) is 17.0. The summed E-state index contributed by atoms with van der Waals surface area (Å²) < 4.78 is 102. The van der Waals surface area contributed by atoms with Crippen LogP contribution in [0.15, 0.2) is 243 Å². The van der Waals surface area contributed by atoms with Crippen molar-refractivity contribution in [1.82, 2.24) is 18.7 Å². The fourth-order valence-electron chi connectivity index (χ4n) is 10.6. The van der Waals surface area contributed by atoms with Crippen molar-refractivity contribution >= 4 is 54.6 Å². The molecular formula is C70H49N5OPt-2. The van der Waals surface area contributed by atoms with Crippen LogP contribution in [0, 0.1) is 18.5 Å². The zero-order valence-electron chi connectivity index (χ0n) is 51.8. The van der Waals surface area contributed by atoms with Gasteiger partial charge in [-0.1, -0.05) is 190 Å². The van der Waals surface area contributed by atoms with Gasteiger partial charge in [0.05, 0.1) is 41.5 Å². The summed E-state index contributed by atoms with van der Waals surface area (Å²) in [4.78, 5) is 4.97. The van der Waals surface area contributed by atoms with Crippen molar-refractivity contribution in [3.8, 4) is 67.8 Å². The summed E-state index contributed by atoms with van der Waals surface area (Å²) in [5.41, 5.74) is 9.87. The first-order valence-corrected chi connectivity index (χ1v) is 25.0. The van der Waals surface area contributed by atoms with E-state index in [1.165, 1.54) is 0 Å². The molecule has 10 aromatic carbocycles. The second-order valence-corrected chi connectivity index (χ2v) is 19.7. The number of aromatic nitrogens is 5. The molecular weight excluding hydrogens is 1120 g/mol. The Kier molecular flexibility index (Phi) is 9.40. The van der Waals surface area contributed by atoms with Gasteiger partial charge in [-0.2, -0.15) is 18.2 Å². The second-order valence-electron chi connectivity index (χ2n) is 19.7. The SMILES string of the molecule is [2H]c1c([2H])c([2H])c(-c2cccc(-c3c([2H])c([2H])c([2H])c([2H])c3[2H])c2-[n+]2[c-]n(-c3[c-]c(Oc4[c-]c5c(cc4)c4cc(-c6cccc7c6c6ccccc6n7-c6ccccc6)ccc4n5-c4cc(C(C)(C)C)ccn4)ccc3)c3ccccc32)c([2H])c1[2H].[Pt]. The Morgan fingerprint density at radius 2 is 1.17 bits per heavy atom. The van der Waals surface area contributed by atoms with E-state index < -0.39 is 60.4 Å². The van der Waals surface area contributed by atoms with Crippen LogP contribution in [0.2, 0.25) is 0 Å². The van der Waals surface area contributed by atoms with Crippen LogP contribution < -0.4 is 9.30 Å². The summed E-state index contributed by atoms with van der Waals surface area (Å²) >= 11 is 0. The third-order valence-corrected chi connectivity index (χ3v) is 14.1. The molecule has 7 heteroatoms. The van der Waals surface area contributed by atoms with E-state index in [9.17, 15) is 0 Å². The molecule has 14 rings (SSSR count). The largest absolute Gasteiger partial charge is 0.510 e. The van der Waals surface area contributed by atoms with E-state index in [1.807, 2.05) is 54.7 Å². The Hall–Kier alpha value is -9.09. The maximum atomic E-state index is 9.09. The monoisotopic (exact) mass is 1180 g/mol. The normalized spacial score (nSPS) is 13.5. The molecule has 4 aromatic heterocycles. The maximum absolute atomic E-state index is 9.09. The van der Waals surface area contributed by atoms with E-state index in [0.717, 1.165) is 71.8 Å². The van der Waals surface area contributed by atoms with Crippen LogP contribution >= 0.6 is 0 Å². The third kappa shape index (κ3) is 8.24. The molecule has 0 atom stereocenters. The van der Waals surface area contributed by atoms with Crippen LogP contribution in [0.3, 0.4) is 0 Å². The average Bonchev–Trinajstić information content (AvgIpc) is 1.71. The van der Waals surface area contributed by atoms with Gasteiger partial charge in [0, 0.05) is 60.7 Å². The molecule has 0 saturated heterocycles. The van der Waals surface area contributed by atoms with E-state index >= 15 is 0 Å². The molecule has 77 heavy (non-hydrogen) atoms. The molecule has 0 amide bonds. The van der Waals surface area contributed by atoms with Gasteiger partial charge in [0.1, 0.15) is 5.82 Å². The number of hydrogen-bond acceptors (Lipinski definition) is 2. The van der Waals surface area contributed by atoms with Gasteiger partial charge in [-0.05, 0) is 97.9 Å². The Bertz CT molecular complexity index is 5020. The smallest absolute Gasteiger partial charge is 0.268 e. The Morgan fingerprint density at radius 1 is 0.519 bits per heavy atom. The molecule has 0 bridgehead atoms. The molecule has 372 valence electrons. The number of pyridine rings is 1. The molecule has 6 nitrogen and oxygen atoms in total. The number of benzene rings is 10. The van der Waals surface area contributed by atoms with Crippen molar-refractivity contribution in [3.63, 3.8) is 0 Å². The van der Waals surface area contributed by atoms with Crippen molar-refractivity contribution in [2.45, 2.75) is 26.2 Å². The Balaban J connectivity index is 0.00000700. The van der Waals surface area contributed by atoms with Crippen molar-refractivity contribution in [2.24, 2.45) is 0 Å². The molecule has 0 aliphatic rings. The molecule has 0 aliphatic heterocycles. The standard InChI is InChI=1S/C70H49N5O.Pt/c1-70(2,3)50-40-41-71-67(43-50)75-62-39-36-49(55-29-19-35-65-68(55)59-28-13-14-32-61(59)74(65)51-24-11-6-12-25-51)42-60(62)58-38-37-54(45-66(58)75)76-53-27-17-26-52(44-53)72-46-73(64-34-16-15-33-63(64)72)69-56(47-20-7-4-8-21-47)30-18-31-57(69)48-22-9-5-10-23-48;/h4-43H,1-3H3;/q-2;/i4D,5D,7D,8D,9D,10D,20D,21D,22D,23D;. The molecule has 0 aliphatic carbocycles. The summed E-state index contributed by atoms with van der Waals surface area (Å²) in [5.74, 6) is 1.48.